The van der Waals surface area contributed by atoms with Crippen molar-refractivity contribution in [2.75, 3.05) is 7.11 Å². The van der Waals surface area contributed by atoms with Gasteiger partial charge in [-0.1, -0.05) is 239 Å². The first kappa shape index (κ1) is 77.6. The van der Waals surface area contributed by atoms with E-state index in [1.165, 1.54) is 32.3 Å². The van der Waals surface area contributed by atoms with Crippen LogP contribution in [0.5, 0.6) is 11.5 Å². The van der Waals surface area contributed by atoms with Crippen LogP contribution in [0.2, 0.25) is 0 Å². The quantitative estimate of drug-likeness (QED) is 0.0289. The zero-order valence-electron chi connectivity index (χ0n) is 57.9. The van der Waals surface area contributed by atoms with Gasteiger partial charge in [0.15, 0.2) is 5.58 Å². The third kappa shape index (κ3) is 23.7. The Bertz CT molecular complexity index is 4990. The number of rotatable bonds is 17. The molecule has 0 saturated carbocycles. The van der Waals surface area contributed by atoms with Gasteiger partial charge in [-0.25, -0.2) is 14.8 Å². The highest BCUT2D eigenvalue weighted by atomic mass is 32.1. The second-order valence-electron chi connectivity index (χ2n) is 22.6. The number of hydrogen-bond acceptors (Lipinski definition) is 14. The lowest BCUT2D eigenvalue weighted by molar-refractivity contribution is 0.0734. The number of hydrogen-bond donors (Lipinski definition) is 2. The monoisotopic (exact) mass is 1420 g/mol. The van der Waals surface area contributed by atoms with Crippen LogP contribution in [-0.2, 0) is 13.2 Å². The van der Waals surface area contributed by atoms with E-state index in [1.54, 1.807) is 96.5 Å². The number of esters is 1. The van der Waals surface area contributed by atoms with Crippen molar-refractivity contribution < 1.29 is 43.3 Å². The fourth-order valence-corrected chi connectivity index (χ4v) is 11.6. The zero-order chi connectivity index (χ0) is 74.6. The number of benzene rings is 11. The number of oxazole rings is 1. The Morgan fingerprint density at radius 2 is 1.02 bits per heavy atom. The second-order valence-corrected chi connectivity index (χ2v) is 24.6. The van der Waals surface area contributed by atoms with E-state index in [0.29, 0.717) is 45.2 Å². The number of aldehydes is 3. The van der Waals surface area contributed by atoms with Crippen molar-refractivity contribution in [2.45, 2.75) is 20.1 Å². The van der Waals surface area contributed by atoms with Gasteiger partial charge in [-0.3, -0.25) is 14.4 Å². The summed E-state index contributed by atoms with van der Waals surface area (Å²) in [6.07, 6.45) is 11.1. The van der Waals surface area contributed by atoms with Gasteiger partial charge < -0.3 is 24.1 Å². The summed E-state index contributed by atoms with van der Waals surface area (Å²) in [5.41, 5.74) is 18.1. The van der Waals surface area contributed by atoms with Gasteiger partial charge in [-0.15, -0.1) is 22.7 Å². The number of ether oxygens (including phenoxy) is 2. The Labute approximate surface area is 619 Å². The van der Waals surface area contributed by atoms with Crippen LogP contribution < -0.4 is 9.47 Å². The molecule has 2 N–H and O–H groups in total. The van der Waals surface area contributed by atoms with Crippen molar-refractivity contribution in [3.8, 4) is 61.2 Å². The standard InChI is InChI=1S/C15H11NO.C15H11NS.C14H10O3.C14H12.C12H11NO.C11H8OS.C10H12O3/c2*1-2-11-7-9-12(10-8-11)15-16-13-5-3-4-6-14(13)17-15;15-10-11-6-8-13(9-7-11)17-14(16)12-4-2-1-3-5-12;1-2-12-8-10-14(11-9-12)13-6-4-3-5-7-13;1-2-10(8-13)7-11-3-5-12(9-14)6-4-11;12-8-9-3-5-10(6-4-9)11-2-1-7-13-11;1-7-3-8(5-11)4-9(6-12)10(7)13-2/h2*2-10H,1H2;1-10H;2-11H,1H2;2-7,14H,1,9H2;1-8H;3-5,12H,6H2,1-2H3/b;;;;10-7-;;. The van der Waals surface area contributed by atoms with E-state index in [-0.39, 0.29) is 13.2 Å². The lowest BCUT2D eigenvalue weighted by Crippen LogP contribution is -2.07. The molecule has 0 bridgehead atoms. The number of aryl methyl sites for hydroxylation is 1. The SMILES string of the molecule is C=C/C(C#N)=C/c1ccc(CO)cc1.C=Cc1ccc(-c2ccccc2)cc1.C=Cc1ccc(-c2nc3ccccc3o2)cc1.C=Cc1ccc(-c2nc3ccccc3s2)cc1.COc1c(C)cc(C=O)cc1CO.O=Cc1ccc(-c2cccs2)cc1.O=Cc1ccc(OC(=O)c2ccccc2)cc1. The normalized spacial score (nSPS) is 10.1. The first-order valence-corrected chi connectivity index (χ1v) is 34.6. The van der Waals surface area contributed by atoms with Crippen LogP contribution in [0.25, 0.3) is 89.2 Å². The van der Waals surface area contributed by atoms with E-state index in [1.807, 2.05) is 170 Å². The summed E-state index contributed by atoms with van der Waals surface area (Å²) in [7, 11) is 1.54. The zero-order valence-corrected chi connectivity index (χ0v) is 59.5. The van der Waals surface area contributed by atoms with E-state index in [4.69, 9.17) is 29.4 Å². The Balaban J connectivity index is 0.000000155. The van der Waals surface area contributed by atoms with Crippen molar-refractivity contribution in [3.05, 3.63) is 384 Å². The molecule has 0 unspecified atom stereocenters. The highest BCUT2D eigenvalue weighted by Gasteiger charge is 2.11. The molecule has 105 heavy (non-hydrogen) atoms. The fraction of sp³-hybridized carbons (Fsp3) is 0.0440. The minimum Gasteiger partial charge on any atom is -0.496 e. The number of aliphatic hydroxyl groups excluding tert-OH is 2. The molecule has 11 aromatic carbocycles. The van der Waals surface area contributed by atoms with Gasteiger partial charge in [0, 0.05) is 38.3 Å². The Morgan fingerprint density at radius 1 is 0.514 bits per heavy atom. The van der Waals surface area contributed by atoms with Crippen molar-refractivity contribution in [1.29, 1.82) is 5.26 Å². The smallest absolute Gasteiger partial charge is 0.343 e. The fourth-order valence-electron chi connectivity index (χ4n) is 9.87. The Morgan fingerprint density at radius 3 is 1.53 bits per heavy atom. The molecule has 14 aromatic rings. The number of methoxy groups -OCH3 is 1. The lowest BCUT2D eigenvalue weighted by Gasteiger charge is -2.09. The summed E-state index contributed by atoms with van der Waals surface area (Å²) in [5.74, 6) is 1.31. The van der Waals surface area contributed by atoms with Gasteiger partial charge in [0.05, 0.1) is 47.7 Å². The maximum absolute atomic E-state index is 11.7. The number of para-hydroxylation sites is 3. The molecule has 0 atom stereocenters. The van der Waals surface area contributed by atoms with Crippen LogP contribution in [0.1, 0.15) is 80.4 Å². The summed E-state index contributed by atoms with van der Waals surface area (Å²) in [4.78, 5) is 53.4. The first-order valence-electron chi connectivity index (χ1n) is 32.9. The summed E-state index contributed by atoms with van der Waals surface area (Å²) < 4.78 is 17.2. The molecule has 12 nitrogen and oxygen atoms in total. The minimum atomic E-state index is -0.413. The molecule has 0 aliphatic carbocycles. The first-order chi connectivity index (χ1) is 51.3. The average Bonchev–Trinajstić information content (AvgIpc) is 1.73. The number of carbonyl (C=O) groups excluding carboxylic acids is 4. The third-order valence-corrected chi connectivity index (χ3v) is 17.4. The predicted octanol–water partition coefficient (Wildman–Crippen LogP) is 22.3. The van der Waals surface area contributed by atoms with Crippen LogP contribution in [0.15, 0.2) is 327 Å². The van der Waals surface area contributed by atoms with Crippen LogP contribution in [0.3, 0.4) is 0 Å². The van der Waals surface area contributed by atoms with Crippen LogP contribution >= 0.6 is 22.7 Å². The molecule has 0 aliphatic heterocycles. The average molecular weight is 1420 g/mol. The summed E-state index contributed by atoms with van der Waals surface area (Å²) in [6, 6.07) is 90.6. The topological polar surface area (TPSA) is 190 Å². The third-order valence-electron chi connectivity index (χ3n) is 15.4. The number of thiazole rings is 1. The molecule has 0 aliphatic rings. The molecule has 0 radical (unpaired) electrons. The molecule has 0 amide bonds. The molecule has 520 valence electrons. The minimum absolute atomic E-state index is 0.0383. The number of allylic oxidation sites excluding steroid dienone is 2. The number of aromatic nitrogens is 2. The molecule has 3 aromatic heterocycles. The van der Waals surface area contributed by atoms with Gasteiger partial charge in [0.25, 0.3) is 0 Å². The molecular weight excluding hydrogens is 1340 g/mol. The molecule has 14 rings (SSSR count). The van der Waals surface area contributed by atoms with Crippen LogP contribution in [0, 0.1) is 18.3 Å². The summed E-state index contributed by atoms with van der Waals surface area (Å²) >= 11 is 3.43. The van der Waals surface area contributed by atoms with Crippen LogP contribution in [0.4, 0.5) is 0 Å². The van der Waals surface area contributed by atoms with Crippen LogP contribution in [-0.4, -0.2) is 52.1 Å². The van der Waals surface area contributed by atoms with E-state index in [2.05, 4.69) is 121 Å². The van der Waals surface area contributed by atoms with Gasteiger partial charge >= 0.3 is 5.97 Å². The van der Waals surface area contributed by atoms with E-state index in [9.17, 15) is 19.2 Å². The van der Waals surface area contributed by atoms with Gasteiger partial charge in [0.2, 0.25) is 5.89 Å². The van der Waals surface area contributed by atoms with Crippen molar-refractivity contribution in [1.82, 2.24) is 9.97 Å². The number of nitrogens with zero attached hydrogens (tertiary/aromatic N) is 3. The molecule has 0 saturated heterocycles. The maximum atomic E-state index is 11.7. The molecule has 14 heteroatoms. The molecule has 0 fully saturated rings. The molecule has 3 heterocycles. The van der Waals surface area contributed by atoms with E-state index < -0.39 is 5.97 Å². The lowest BCUT2D eigenvalue weighted by atomic mass is 10.0. The molecule has 0 spiro atoms. The van der Waals surface area contributed by atoms with Gasteiger partial charge in [-0.2, -0.15) is 5.26 Å². The summed E-state index contributed by atoms with van der Waals surface area (Å²) in [5, 5.41) is 29.6. The predicted molar refractivity (Wildman–Crippen MR) is 430 cm³/mol. The number of thiophene rings is 1. The highest BCUT2D eigenvalue weighted by molar-refractivity contribution is 7.21. The number of nitriles is 1. The Kier molecular flexibility index (Phi) is 30.7. The molecular formula is C91H75N3O9S2. The van der Waals surface area contributed by atoms with E-state index in [0.717, 1.165) is 90.6 Å². The number of fused-ring (bicyclic) bond motifs is 2. The summed E-state index contributed by atoms with van der Waals surface area (Å²) in [6.45, 7) is 16.5. The van der Waals surface area contributed by atoms with Gasteiger partial charge in [0.1, 0.15) is 40.9 Å². The van der Waals surface area contributed by atoms with Crippen molar-refractivity contribution >= 4 is 93.1 Å². The van der Waals surface area contributed by atoms with Crippen molar-refractivity contribution in [2.24, 2.45) is 0 Å². The largest absolute Gasteiger partial charge is 0.496 e. The van der Waals surface area contributed by atoms with Gasteiger partial charge in [-0.05, 0) is 159 Å². The highest BCUT2D eigenvalue weighted by Crippen LogP contribution is 2.31. The maximum Gasteiger partial charge on any atom is 0.343 e. The van der Waals surface area contributed by atoms with Crippen molar-refractivity contribution in [3.63, 3.8) is 0 Å². The number of aliphatic hydroxyl groups is 2. The number of carbonyl (C=O) groups is 4. The second kappa shape index (κ2) is 41.6. The Hall–Kier alpha value is -13.1. The van der Waals surface area contributed by atoms with E-state index >= 15 is 0 Å².